The van der Waals surface area contributed by atoms with Gasteiger partial charge in [-0.1, -0.05) is 79.4 Å². The van der Waals surface area contributed by atoms with E-state index in [0.717, 1.165) is 22.2 Å². The number of allylic oxidation sites excluding steroid dienone is 9. The van der Waals surface area contributed by atoms with Crippen LogP contribution in [0, 0.1) is 5.41 Å². The molecule has 150 valence electrons. The lowest BCUT2D eigenvalue weighted by Gasteiger charge is -2.32. The van der Waals surface area contributed by atoms with Gasteiger partial charge in [-0.05, 0) is 50.2 Å². The van der Waals surface area contributed by atoms with Gasteiger partial charge in [0.15, 0.2) is 0 Å². The molecule has 1 aliphatic carbocycles. The first-order valence-corrected chi connectivity index (χ1v) is 10.5. The number of carboxylic acids is 1. The van der Waals surface area contributed by atoms with Crippen molar-refractivity contribution in [2.75, 3.05) is 6.54 Å². The van der Waals surface area contributed by atoms with Gasteiger partial charge in [0.1, 0.15) is 10.9 Å². The second-order valence-electron chi connectivity index (χ2n) is 7.74. The molecule has 1 heterocycles. The molecule has 1 fully saturated rings. The van der Waals surface area contributed by atoms with Gasteiger partial charge in [-0.25, -0.2) is 0 Å². The second kappa shape index (κ2) is 9.52. The number of rotatable bonds is 6. The van der Waals surface area contributed by atoms with Gasteiger partial charge in [0.2, 0.25) is 0 Å². The maximum absolute atomic E-state index is 12.2. The van der Waals surface area contributed by atoms with Crippen LogP contribution in [-0.4, -0.2) is 32.7 Å². The second-order valence-corrected chi connectivity index (χ2v) is 9.42. The molecule has 0 atom stereocenters. The molecule has 2 aliphatic rings. The smallest absolute Gasteiger partial charge is 0.323 e. The monoisotopic (exact) mass is 417 g/mol. The van der Waals surface area contributed by atoms with E-state index in [1.807, 2.05) is 19.1 Å². The highest BCUT2D eigenvalue weighted by Crippen LogP contribution is 2.40. The fourth-order valence-corrected chi connectivity index (χ4v) is 4.62. The van der Waals surface area contributed by atoms with Crippen LogP contribution in [0.5, 0.6) is 0 Å². The number of aliphatic carboxylic acids is 1. The van der Waals surface area contributed by atoms with E-state index in [1.165, 1.54) is 30.4 Å². The third kappa shape index (κ3) is 5.79. The summed E-state index contributed by atoms with van der Waals surface area (Å²) in [7, 11) is 0. The molecule has 0 aromatic rings. The van der Waals surface area contributed by atoms with Crippen molar-refractivity contribution in [3.8, 4) is 0 Å². The molecule has 0 bridgehead atoms. The highest BCUT2D eigenvalue weighted by Gasteiger charge is 2.32. The lowest BCUT2D eigenvalue weighted by atomic mass is 9.72. The SMILES string of the molecule is CC1=C(/C=C/C(C)=C/C=C/C=C2/SC(=S)N(CC(=O)O)C2=O)C(C)(C)CCC1. The standard InChI is InChI=1S/C22H27NO3S2/c1-15(11-12-17-16(2)9-7-13-22(17,3)4)8-5-6-10-18-20(26)23(14-19(24)25)21(27)28-18/h5-6,8,10-12H,7,9,13-14H2,1-4H3,(H,24,25)/b6-5+,12-11+,15-8+,18-10+. The predicted molar refractivity (Wildman–Crippen MR) is 120 cm³/mol. The Morgan fingerprint density at radius 2 is 2.07 bits per heavy atom. The van der Waals surface area contributed by atoms with E-state index in [1.54, 1.807) is 12.2 Å². The first kappa shape index (κ1) is 22.4. The Kier molecular flexibility index (Phi) is 7.61. The number of carbonyl (C=O) groups excluding carboxylic acids is 1. The van der Waals surface area contributed by atoms with Gasteiger partial charge in [0.05, 0.1) is 4.91 Å². The van der Waals surface area contributed by atoms with Crippen molar-refractivity contribution in [2.45, 2.75) is 47.0 Å². The summed E-state index contributed by atoms with van der Waals surface area (Å²) in [5, 5.41) is 8.85. The zero-order valence-corrected chi connectivity index (χ0v) is 18.5. The fourth-order valence-electron chi connectivity index (χ4n) is 3.42. The van der Waals surface area contributed by atoms with E-state index in [2.05, 4.69) is 32.9 Å². The Balaban J connectivity index is 2.02. The molecule has 0 aromatic carbocycles. The van der Waals surface area contributed by atoms with Crippen molar-refractivity contribution in [1.29, 1.82) is 0 Å². The highest BCUT2D eigenvalue weighted by molar-refractivity contribution is 8.26. The number of nitrogens with zero attached hydrogens (tertiary/aromatic N) is 1. The van der Waals surface area contributed by atoms with Crippen LogP contribution in [0.3, 0.4) is 0 Å². The van der Waals surface area contributed by atoms with Crippen molar-refractivity contribution in [2.24, 2.45) is 5.41 Å². The molecule has 4 nitrogen and oxygen atoms in total. The van der Waals surface area contributed by atoms with Crippen LogP contribution >= 0.6 is 24.0 Å². The van der Waals surface area contributed by atoms with Gasteiger partial charge in [-0.3, -0.25) is 14.5 Å². The van der Waals surface area contributed by atoms with Crippen LogP contribution in [0.1, 0.15) is 47.0 Å². The maximum Gasteiger partial charge on any atom is 0.323 e. The largest absolute Gasteiger partial charge is 0.480 e. The zero-order valence-electron chi connectivity index (χ0n) is 16.8. The number of hydrogen-bond acceptors (Lipinski definition) is 4. The maximum atomic E-state index is 12.2. The minimum absolute atomic E-state index is 0.222. The van der Waals surface area contributed by atoms with Gasteiger partial charge in [-0.2, -0.15) is 0 Å². The number of hydrogen-bond donors (Lipinski definition) is 1. The van der Waals surface area contributed by atoms with Crippen molar-refractivity contribution >= 4 is 40.2 Å². The number of carboxylic acid groups (broad SMARTS) is 1. The van der Waals surface area contributed by atoms with Crippen LogP contribution in [0.25, 0.3) is 0 Å². The average molecular weight is 418 g/mol. The molecular formula is C22H27NO3S2. The zero-order chi connectivity index (χ0) is 20.9. The Bertz CT molecular complexity index is 829. The molecular weight excluding hydrogens is 390 g/mol. The molecule has 6 heteroatoms. The number of thiocarbonyl (C=S) groups is 1. The third-order valence-corrected chi connectivity index (χ3v) is 6.34. The molecule has 1 aliphatic heterocycles. The van der Waals surface area contributed by atoms with Crippen LogP contribution in [0.15, 0.2) is 58.1 Å². The van der Waals surface area contributed by atoms with Crippen LogP contribution < -0.4 is 0 Å². The molecule has 1 amide bonds. The summed E-state index contributed by atoms with van der Waals surface area (Å²) in [6.45, 7) is 8.46. The summed E-state index contributed by atoms with van der Waals surface area (Å²) in [4.78, 5) is 24.5. The summed E-state index contributed by atoms with van der Waals surface area (Å²) in [5.74, 6) is -1.44. The summed E-state index contributed by atoms with van der Waals surface area (Å²) in [6.07, 6.45) is 15.3. The summed E-state index contributed by atoms with van der Waals surface area (Å²) >= 11 is 6.20. The van der Waals surface area contributed by atoms with Gasteiger partial charge >= 0.3 is 5.97 Å². The first-order chi connectivity index (χ1) is 13.1. The van der Waals surface area contributed by atoms with Crippen molar-refractivity contribution in [3.05, 3.63) is 58.1 Å². The van der Waals surface area contributed by atoms with Crippen molar-refractivity contribution in [3.63, 3.8) is 0 Å². The van der Waals surface area contributed by atoms with E-state index in [4.69, 9.17) is 17.3 Å². The van der Waals surface area contributed by atoms with E-state index in [9.17, 15) is 9.59 Å². The minimum atomic E-state index is -1.08. The molecule has 28 heavy (non-hydrogen) atoms. The van der Waals surface area contributed by atoms with Crippen LogP contribution in [0.4, 0.5) is 0 Å². The summed E-state index contributed by atoms with van der Waals surface area (Å²) < 4.78 is 0.278. The summed E-state index contributed by atoms with van der Waals surface area (Å²) in [5.41, 5.74) is 4.24. The van der Waals surface area contributed by atoms with Gasteiger partial charge in [0, 0.05) is 0 Å². The molecule has 0 aromatic heterocycles. The Morgan fingerprint density at radius 3 is 2.71 bits per heavy atom. The average Bonchev–Trinajstić information content (AvgIpc) is 2.85. The molecule has 1 N–H and O–H groups in total. The highest BCUT2D eigenvalue weighted by atomic mass is 32.2. The third-order valence-electron chi connectivity index (χ3n) is 4.94. The van der Waals surface area contributed by atoms with Gasteiger partial charge in [0.25, 0.3) is 5.91 Å². The Hall–Kier alpha value is -1.92. The molecule has 1 saturated heterocycles. The molecule has 0 radical (unpaired) electrons. The normalized spacial score (nSPS) is 22.4. The van der Waals surface area contributed by atoms with E-state index >= 15 is 0 Å². The van der Waals surface area contributed by atoms with Gasteiger partial charge in [-0.15, -0.1) is 0 Å². The predicted octanol–water partition coefficient (Wildman–Crippen LogP) is 5.40. The molecule has 0 spiro atoms. The number of carbonyl (C=O) groups is 2. The fraction of sp³-hybridized carbons (Fsp3) is 0.409. The number of thioether (sulfide) groups is 1. The van der Waals surface area contributed by atoms with Crippen molar-refractivity contribution in [1.82, 2.24) is 4.90 Å². The van der Waals surface area contributed by atoms with Gasteiger partial charge < -0.3 is 5.11 Å². The van der Waals surface area contributed by atoms with E-state index in [0.29, 0.717) is 4.91 Å². The van der Waals surface area contributed by atoms with Crippen LogP contribution in [-0.2, 0) is 9.59 Å². The van der Waals surface area contributed by atoms with Crippen LogP contribution in [0.2, 0.25) is 0 Å². The summed E-state index contributed by atoms with van der Waals surface area (Å²) in [6, 6.07) is 0. The minimum Gasteiger partial charge on any atom is -0.480 e. The lowest BCUT2D eigenvalue weighted by molar-refractivity contribution is -0.140. The Morgan fingerprint density at radius 1 is 1.36 bits per heavy atom. The molecule has 0 unspecified atom stereocenters. The molecule has 0 saturated carbocycles. The number of amides is 1. The lowest BCUT2D eigenvalue weighted by Crippen LogP contribution is -2.33. The van der Waals surface area contributed by atoms with Crippen molar-refractivity contribution < 1.29 is 14.7 Å². The van der Waals surface area contributed by atoms with E-state index < -0.39 is 12.5 Å². The van der Waals surface area contributed by atoms with E-state index in [-0.39, 0.29) is 15.6 Å². The molecule has 2 rings (SSSR count). The first-order valence-electron chi connectivity index (χ1n) is 9.31. The topological polar surface area (TPSA) is 57.6 Å². The quantitative estimate of drug-likeness (QED) is 0.356. The Labute approximate surface area is 176 Å².